The number of hydrogen-bond acceptors (Lipinski definition) is 3. The zero-order chi connectivity index (χ0) is 16.4. The van der Waals surface area contributed by atoms with Crippen molar-refractivity contribution in [3.63, 3.8) is 0 Å². The van der Waals surface area contributed by atoms with Gasteiger partial charge in [0.15, 0.2) is 0 Å². The van der Waals surface area contributed by atoms with Gasteiger partial charge >= 0.3 is 0 Å². The first kappa shape index (κ1) is 15.7. The second kappa shape index (κ2) is 6.54. The van der Waals surface area contributed by atoms with Crippen LogP contribution in [0.15, 0.2) is 53.0 Å². The molecule has 1 saturated heterocycles. The first-order chi connectivity index (χ1) is 11.1. The van der Waals surface area contributed by atoms with E-state index in [0.29, 0.717) is 17.9 Å². The van der Waals surface area contributed by atoms with E-state index in [-0.39, 0.29) is 24.2 Å². The SMILES string of the molecule is COc1ccc(N2C(=O)C[C@H](Cc3ccc(Br)cc3)C2=O)cc1. The third-order valence-electron chi connectivity index (χ3n) is 3.97. The fourth-order valence-electron chi connectivity index (χ4n) is 2.76. The number of imide groups is 1. The van der Waals surface area contributed by atoms with E-state index in [2.05, 4.69) is 15.9 Å². The van der Waals surface area contributed by atoms with Crippen LogP contribution in [-0.4, -0.2) is 18.9 Å². The summed E-state index contributed by atoms with van der Waals surface area (Å²) in [6.45, 7) is 0. The molecule has 118 valence electrons. The second-order valence-corrected chi connectivity index (χ2v) is 6.41. The Labute approximate surface area is 143 Å². The number of benzene rings is 2. The Morgan fingerprint density at radius 2 is 1.74 bits per heavy atom. The number of hydrogen-bond donors (Lipinski definition) is 0. The van der Waals surface area contributed by atoms with Crippen LogP contribution in [0, 0.1) is 5.92 Å². The zero-order valence-electron chi connectivity index (χ0n) is 12.7. The average molecular weight is 374 g/mol. The molecule has 0 N–H and O–H groups in total. The van der Waals surface area contributed by atoms with Crippen LogP contribution in [0.2, 0.25) is 0 Å². The van der Waals surface area contributed by atoms with Gasteiger partial charge in [-0.05, 0) is 48.4 Å². The van der Waals surface area contributed by atoms with Gasteiger partial charge in [-0.25, -0.2) is 0 Å². The lowest BCUT2D eigenvalue weighted by atomic mass is 9.98. The van der Waals surface area contributed by atoms with Gasteiger partial charge in [-0.1, -0.05) is 28.1 Å². The van der Waals surface area contributed by atoms with Gasteiger partial charge in [-0.2, -0.15) is 0 Å². The highest BCUT2D eigenvalue weighted by Crippen LogP contribution is 2.30. The molecule has 1 heterocycles. The molecule has 2 aromatic rings. The Balaban J connectivity index is 1.77. The molecular formula is C18H16BrNO3. The molecule has 1 atom stereocenters. The van der Waals surface area contributed by atoms with E-state index in [9.17, 15) is 9.59 Å². The average Bonchev–Trinajstić information content (AvgIpc) is 2.84. The van der Waals surface area contributed by atoms with Crippen molar-refractivity contribution >= 4 is 33.4 Å². The van der Waals surface area contributed by atoms with E-state index in [1.807, 2.05) is 24.3 Å². The molecule has 0 unspecified atom stereocenters. The lowest BCUT2D eigenvalue weighted by Crippen LogP contribution is -2.30. The molecule has 1 fully saturated rings. The van der Waals surface area contributed by atoms with Crippen LogP contribution in [-0.2, 0) is 16.0 Å². The molecule has 5 heteroatoms. The molecule has 0 saturated carbocycles. The fraction of sp³-hybridized carbons (Fsp3) is 0.222. The number of anilines is 1. The summed E-state index contributed by atoms with van der Waals surface area (Å²) in [5.74, 6) is 0.107. The molecule has 1 aliphatic rings. The number of halogens is 1. The van der Waals surface area contributed by atoms with Crippen molar-refractivity contribution in [3.05, 3.63) is 58.6 Å². The predicted octanol–water partition coefficient (Wildman–Crippen LogP) is 3.58. The van der Waals surface area contributed by atoms with Gasteiger partial charge in [0, 0.05) is 10.9 Å². The minimum Gasteiger partial charge on any atom is -0.497 e. The third-order valence-corrected chi connectivity index (χ3v) is 4.49. The summed E-state index contributed by atoms with van der Waals surface area (Å²) in [5, 5.41) is 0. The highest BCUT2D eigenvalue weighted by atomic mass is 79.9. The Bertz CT molecular complexity index is 725. The molecule has 2 aromatic carbocycles. The van der Waals surface area contributed by atoms with E-state index in [4.69, 9.17) is 4.74 Å². The van der Waals surface area contributed by atoms with Gasteiger partial charge < -0.3 is 4.74 Å². The van der Waals surface area contributed by atoms with E-state index < -0.39 is 0 Å². The molecule has 3 rings (SSSR count). The van der Waals surface area contributed by atoms with Crippen LogP contribution in [0.25, 0.3) is 0 Å². The Kier molecular flexibility index (Phi) is 4.48. The summed E-state index contributed by atoms with van der Waals surface area (Å²) < 4.78 is 6.10. The highest BCUT2D eigenvalue weighted by Gasteiger charge is 2.39. The van der Waals surface area contributed by atoms with E-state index in [1.54, 1.807) is 31.4 Å². The third kappa shape index (κ3) is 3.29. The number of amides is 2. The van der Waals surface area contributed by atoms with Gasteiger partial charge in [-0.15, -0.1) is 0 Å². The topological polar surface area (TPSA) is 46.6 Å². The number of methoxy groups -OCH3 is 1. The summed E-state index contributed by atoms with van der Waals surface area (Å²) >= 11 is 3.39. The summed E-state index contributed by atoms with van der Waals surface area (Å²) in [7, 11) is 1.58. The minimum atomic E-state index is -0.300. The molecule has 23 heavy (non-hydrogen) atoms. The molecule has 1 aliphatic heterocycles. The van der Waals surface area contributed by atoms with Crippen molar-refractivity contribution in [2.45, 2.75) is 12.8 Å². The predicted molar refractivity (Wildman–Crippen MR) is 91.4 cm³/mol. The second-order valence-electron chi connectivity index (χ2n) is 5.50. The van der Waals surface area contributed by atoms with Gasteiger partial charge in [0.25, 0.3) is 0 Å². The van der Waals surface area contributed by atoms with Crippen LogP contribution < -0.4 is 9.64 Å². The Hall–Kier alpha value is -2.14. The van der Waals surface area contributed by atoms with Gasteiger partial charge in [0.05, 0.1) is 18.7 Å². The number of ether oxygens (including phenoxy) is 1. The number of rotatable bonds is 4. The molecule has 0 radical (unpaired) electrons. The first-order valence-electron chi connectivity index (χ1n) is 7.34. The maximum Gasteiger partial charge on any atom is 0.237 e. The van der Waals surface area contributed by atoms with Crippen LogP contribution in [0.1, 0.15) is 12.0 Å². The Morgan fingerprint density at radius 3 is 2.35 bits per heavy atom. The van der Waals surface area contributed by atoms with Crippen LogP contribution in [0.5, 0.6) is 5.75 Å². The van der Waals surface area contributed by atoms with Crippen molar-refractivity contribution < 1.29 is 14.3 Å². The lowest BCUT2D eigenvalue weighted by molar-refractivity contribution is -0.122. The maximum absolute atomic E-state index is 12.6. The fourth-order valence-corrected chi connectivity index (χ4v) is 3.03. The molecule has 2 amide bonds. The van der Waals surface area contributed by atoms with Crippen molar-refractivity contribution in [2.75, 3.05) is 12.0 Å². The molecule has 0 aliphatic carbocycles. The minimum absolute atomic E-state index is 0.136. The Morgan fingerprint density at radius 1 is 1.09 bits per heavy atom. The largest absolute Gasteiger partial charge is 0.497 e. The quantitative estimate of drug-likeness (QED) is 0.769. The summed E-state index contributed by atoms with van der Waals surface area (Å²) in [5.41, 5.74) is 1.65. The molecule has 4 nitrogen and oxygen atoms in total. The van der Waals surface area contributed by atoms with Crippen molar-refractivity contribution in [3.8, 4) is 5.75 Å². The normalized spacial score (nSPS) is 17.7. The van der Waals surface area contributed by atoms with Crippen LogP contribution in [0.4, 0.5) is 5.69 Å². The van der Waals surface area contributed by atoms with E-state index >= 15 is 0 Å². The first-order valence-corrected chi connectivity index (χ1v) is 8.13. The monoisotopic (exact) mass is 373 g/mol. The number of carbonyl (C=O) groups excluding carboxylic acids is 2. The van der Waals surface area contributed by atoms with Crippen LogP contribution in [0.3, 0.4) is 0 Å². The van der Waals surface area contributed by atoms with Gasteiger partial charge in [0.2, 0.25) is 11.8 Å². The van der Waals surface area contributed by atoms with Crippen molar-refractivity contribution in [1.82, 2.24) is 0 Å². The number of carbonyl (C=O) groups is 2. The van der Waals surface area contributed by atoms with Gasteiger partial charge in [-0.3, -0.25) is 14.5 Å². The summed E-state index contributed by atoms with van der Waals surface area (Å²) in [6, 6.07) is 14.8. The molecule has 0 spiro atoms. The highest BCUT2D eigenvalue weighted by molar-refractivity contribution is 9.10. The standard InChI is InChI=1S/C18H16BrNO3/c1-23-16-8-6-15(7-9-16)20-17(21)11-13(18(20)22)10-12-2-4-14(19)5-3-12/h2-9,13H,10-11H2,1H3/t13-/m0/s1. The molecule has 0 aromatic heterocycles. The van der Waals surface area contributed by atoms with Crippen LogP contribution >= 0.6 is 15.9 Å². The molecule has 0 bridgehead atoms. The van der Waals surface area contributed by atoms with Crippen molar-refractivity contribution in [2.24, 2.45) is 5.92 Å². The van der Waals surface area contributed by atoms with E-state index in [1.165, 1.54) is 4.90 Å². The summed E-state index contributed by atoms with van der Waals surface area (Å²) in [6.07, 6.45) is 0.825. The smallest absolute Gasteiger partial charge is 0.237 e. The van der Waals surface area contributed by atoms with E-state index in [0.717, 1.165) is 10.0 Å². The molecular weight excluding hydrogens is 358 g/mol. The van der Waals surface area contributed by atoms with Gasteiger partial charge in [0.1, 0.15) is 5.75 Å². The lowest BCUT2D eigenvalue weighted by Gasteiger charge is -2.15. The maximum atomic E-state index is 12.6. The van der Waals surface area contributed by atoms with Crippen molar-refractivity contribution in [1.29, 1.82) is 0 Å². The number of nitrogens with zero attached hydrogens (tertiary/aromatic N) is 1. The zero-order valence-corrected chi connectivity index (χ0v) is 14.2. The summed E-state index contributed by atoms with van der Waals surface area (Å²) in [4.78, 5) is 26.1.